The molecule has 1 aliphatic carbocycles. The molecule has 2 aliphatic rings. The van der Waals surface area contributed by atoms with Crippen LogP contribution in [0, 0.1) is 19.8 Å². The molecule has 41 heavy (non-hydrogen) atoms. The predicted octanol–water partition coefficient (Wildman–Crippen LogP) is 6.66. The van der Waals surface area contributed by atoms with E-state index in [2.05, 4.69) is 53.8 Å². The molecule has 1 aliphatic heterocycles. The number of aryl methyl sites for hydroxylation is 1. The van der Waals surface area contributed by atoms with Gasteiger partial charge in [0.1, 0.15) is 0 Å². The van der Waals surface area contributed by atoms with Crippen molar-refractivity contribution in [3.63, 3.8) is 0 Å². The molecule has 1 saturated heterocycles. The van der Waals surface area contributed by atoms with Gasteiger partial charge < -0.3 is 19.9 Å². The van der Waals surface area contributed by atoms with Crippen molar-refractivity contribution >= 4 is 22.8 Å². The molecular weight excluding hydrogens is 510 g/mol. The number of fused-ring (bicyclic) bond motifs is 1. The van der Waals surface area contributed by atoms with Crippen LogP contribution < -0.4 is 5.32 Å². The second-order valence-corrected chi connectivity index (χ2v) is 12.0. The Morgan fingerprint density at radius 3 is 2.49 bits per heavy atom. The lowest BCUT2D eigenvalue weighted by atomic mass is 9.91. The van der Waals surface area contributed by atoms with Crippen molar-refractivity contribution < 1.29 is 14.7 Å². The minimum absolute atomic E-state index is 0.00461. The van der Waals surface area contributed by atoms with Crippen LogP contribution in [0.3, 0.4) is 0 Å². The fourth-order valence-electron chi connectivity index (χ4n) is 6.52. The topological polar surface area (TPSA) is 74.6 Å². The van der Waals surface area contributed by atoms with Crippen LogP contribution in [-0.4, -0.2) is 51.6 Å². The van der Waals surface area contributed by atoms with E-state index in [1.165, 1.54) is 43.5 Å². The molecule has 6 nitrogen and oxygen atoms in total. The Bertz CT molecular complexity index is 1600. The van der Waals surface area contributed by atoms with Crippen molar-refractivity contribution in [2.24, 2.45) is 5.92 Å². The van der Waals surface area contributed by atoms with Crippen molar-refractivity contribution in [1.82, 2.24) is 14.8 Å². The average Bonchev–Trinajstić information content (AvgIpc) is 3.82. The van der Waals surface area contributed by atoms with Gasteiger partial charge in [0.25, 0.3) is 5.91 Å². The van der Waals surface area contributed by atoms with Crippen molar-refractivity contribution in [2.45, 2.75) is 65.1 Å². The summed E-state index contributed by atoms with van der Waals surface area (Å²) < 4.78 is 2.30. The fourth-order valence-corrected chi connectivity index (χ4v) is 6.52. The van der Waals surface area contributed by atoms with E-state index in [0.29, 0.717) is 29.2 Å². The first-order valence-electron chi connectivity index (χ1n) is 14.9. The Balaban J connectivity index is 1.18. The van der Waals surface area contributed by atoms with Crippen LogP contribution in [0.4, 0.5) is 0 Å². The highest BCUT2D eigenvalue weighted by atomic mass is 16.4. The number of aromatic nitrogens is 1. The molecule has 6 heteroatoms. The van der Waals surface area contributed by atoms with Gasteiger partial charge in [-0.2, -0.15) is 0 Å². The van der Waals surface area contributed by atoms with E-state index in [9.17, 15) is 14.7 Å². The summed E-state index contributed by atoms with van der Waals surface area (Å²) in [5.74, 6) is -0.414. The van der Waals surface area contributed by atoms with E-state index in [0.717, 1.165) is 34.6 Å². The third-order valence-corrected chi connectivity index (χ3v) is 9.28. The van der Waals surface area contributed by atoms with Crippen molar-refractivity contribution in [1.29, 1.82) is 0 Å². The summed E-state index contributed by atoms with van der Waals surface area (Å²) in [6.45, 7) is 9.41. The summed E-state index contributed by atoms with van der Waals surface area (Å²) in [6, 6.07) is 22.2. The monoisotopic (exact) mass is 549 g/mol. The number of carboxylic acids is 1. The van der Waals surface area contributed by atoms with E-state index >= 15 is 0 Å². The lowest BCUT2D eigenvalue weighted by Gasteiger charge is -2.36. The third kappa shape index (κ3) is 5.53. The molecule has 2 atom stereocenters. The van der Waals surface area contributed by atoms with Crippen LogP contribution >= 0.6 is 0 Å². The minimum atomic E-state index is -0.925. The molecule has 4 aromatic rings. The number of amides is 1. The summed E-state index contributed by atoms with van der Waals surface area (Å²) >= 11 is 0. The summed E-state index contributed by atoms with van der Waals surface area (Å²) in [5, 5.41) is 14.0. The van der Waals surface area contributed by atoms with Crippen LogP contribution in [0.25, 0.3) is 22.0 Å². The summed E-state index contributed by atoms with van der Waals surface area (Å²) in [5.41, 5.74) is 7.21. The molecule has 1 aromatic heterocycles. The molecule has 2 heterocycles. The van der Waals surface area contributed by atoms with Gasteiger partial charge in [0.2, 0.25) is 0 Å². The van der Waals surface area contributed by atoms with E-state index in [-0.39, 0.29) is 11.9 Å². The van der Waals surface area contributed by atoms with Crippen LogP contribution in [-0.2, 0) is 6.54 Å². The lowest BCUT2D eigenvalue weighted by molar-refractivity contribution is 0.0697. The van der Waals surface area contributed by atoms with E-state index in [4.69, 9.17) is 0 Å². The normalized spacial score (nSPS) is 18.4. The molecule has 1 saturated carbocycles. The number of carbonyl (C=O) groups excluding carboxylic acids is 1. The standard InChI is InChI=1S/C35H39N3O3/c1-22-24(3)38(20-25-10-12-26(13-11-25)30-8-4-5-9-31(30)35(40)41)33-17-14-27(19-32(22)33)34(39)36-23(2)28-7-6-18-37(21-28)29-15-16-29/h4-5,8-14,17,19,23,28-29H,6-7,15-16,18,20-21H2,1-3H3,(H,36,39)(H,40,41). The molecule has 0 radical (unpaired) electrons. The zero-order chi connectivity index (χ0) is 28.7. The highest BCUT2D eigenvalue weighted by molar-refractivity contribution is 5.99. The molecule has 3 aromatic carbocycles. The van der Waals surface area contributed by atoms with Gasteiger partial charge in [-0.25, -0.2) is 4.79 Å². The van der Waals surface area contributed by atoms with Gasteiger partial charge in [-0.05, 0) is 105 Å². The lowest BCUT2D eigenvalue weighted by Crippen LogP contribution is -2.46. The van der Waals surface area contributed by atoms with Gasteiger partial charge in [-0.15, -0.1) is 0 Å². The second-order valence-electron chi connectivity index (χ2n) is 12.0. The van der Waals surface area contributed by atoms with Gasteiger partial charge in [0.05, 0.1) is 5.56 Å². The maximum atomic E-state index is 13.3. The number of rotatable bonds is 8. The van der Waals surface area contributed by atoms with Gasteiger partial charge in [-0.1, -0.05) is 42.5 Å². The summed E-state index contributed by atoms with van der Waals surface area (Å²) in [6.07, 6.45) is 5.06. The molecule has 2 unspecified atom stereocenters. The van der Waals surface area contributed by atoms with Gasteiger partial charge in [0, 0.05) is 47.3 Å². The number of piperidine rings is 1. The maximum Gasteiger partial charge on any atom is 0.336 e. The fraction of sp³-hybridized carbons (Fsp3) is 0.371. The second kappa shape index (κ2) is 11.2. The number of hydrogen-bond acceptors (Lipinski definition) is 3. The highest BCUT2D eigenvalue weighted by Crippen LogP contribution is 2.32. The van der Waals surface area contributed by atoms with Crippen molar-refractivity contribution in [3.05, 3.63) is 94.7 Å². The Hall–Kier alpha value is -3.90. The molecule has 1 amide bonds. The first kappa shape index (κ1) is 27.3. The molecule has 2 N–H and O–H groups in total. The Kier molecular flexibility index (Phi) is 7.43. The Morgan fingerprint density at radius 2 is 1.76 bits per heavy atom. The van der Waals surface area contributed by atoms with Gasteiger partial charge in [0.15, 0.2) is 0 Å². The Labute approximate surface area is 242 Å². The number of nitrogens with zero attached hydrogens (tertiary/aromatic N) is 2. The van der Waals surface area contributed by atoms with Crippen LogP contribution in [0.15, 0.2) is 66.7 Å². The maximum absolute atomic E-state index is 13.3. The average molecular weight is 550 g/mol. The van der Waals surface area contributed by atoms with E-state index < -0.39 is 5.97 Å². The van der Waals surface area contributed by atoms with Crippen LogP contribution in [0.5, 0.6) is 0 Å². The highest BCUT2D eigenvalue weighted by Gasteiger charge is 2.34. The van der Waals surface area contributed by atoms with Crippen molar-refractivity contribution in [2.75, 3.05) is 13.1 Å². The minimum Gasteiger partial charge on any atom is -0.478 e. The molecule has 6 rings (SSSR count). The number of benzene rings is 3. The molecule has 0 bridgehead atoms. The number of aromatic carboxylic acids is 1. The zero-order valence-electron chi connectivity index (χ0n) is 24.2. The van der Waals surface area contributed by atoms with Crippen molar-refractivity contribution in [3.8, 4) is 11.1 Å². The van der Waals surface area contributed by atoms with Gasteiger partial charge in [-0.3, -0.25) is 4.79 Å². The quantitative estimate of drug-likeness (QED) is 0.258. The van der Waals surface area contributed by atoms with E-state index in [1.54, 1.807) is 12.1 Å². The molecule has 2 fully saturated rings. The molecule has 212 valence electrons. The number of nitrogens with one attached hydrogen (secondary N) is 1. The smallest absolute Gasteiger partial charge is 0.336 e. The third-order valence-electron chi connectivity index (χ3n) is 9.28. The Morgan fingerprint density at radius 1 is 1.00 bits per heavy atom. The SMILES string of the molecule is Cc1c(C)n(Cc2ccc(-c3ccccc3C(=O)O)cc2)c2ccc(C(=O)NC(C)C3CCCN(C4CC4)C3)cc12. The summed E-state index contributed by atoms with van der Waals surface area (Å²) in [4.78, 5) is 27.6. The molecule has 0 spiro atoms. The number of hydrogen-bond donors (Lipinski definition) is 2. The number of carbonyl (C=O) groups is 2. The number of carboxylic acid groups (broad SMARTS) is 1. The zero-order valence-corrected chi connectivity index (χ0v) is 24.2. The first-order chi connectivity index (χ1) is 19.8. The van der Waals surface area contributed by atoms with Gasteiger partial charge >= 0.3 is 5.97 Å². The largest absolute Gasteiger partial charge is 0.478 e. The first-order valence-corrected chi connectivity index (χ1v) is 14.9. The van der Waals surface area contributed by atoms with E-state index in [1.807, 2.05) is 36.4 Å². The summed E-state index contributed by atoms with van der Waals surface area (Å²) in [7, 11) is 0. The number of likely N-dealkylation sites (tertiary alicyclic amines) is 1. The molecular formula is C35H39N3O3. The van der Waals surface area contributed by atoms with Crippen LogP contribution in [0.2, 0.25) is 0 Å². The van der Waals surface area contributed by atoms with Crippen LogP contribution in [0.1, 0.15) is 70.1 Å². The predicted molar refractivity (Wildman–Crippen MR) is 164 cm³/mol.